The first-order chi connectivity index (χ1) is 14.2. The summed E-state index contributed by atoms with van der Waals surface area (Å²) in [7, 11) is 1.59. The molecule has 0 N–H and O–H groups in total. The molecule has 0 saturated heterocycles. The lowest BCUT2D eigenvalue weighted by molar-refractivity contribution is 0.311. The molecule has 0 aliphatic rings. The van der Waals surface area contributed by atoms with Gasteiger partial charge < -0.3 is 9.47 Å². The third-order valence-electron chi connectivity index (χ3n) is 4.21. The van der Waals surface area contributed by atoms with Crippen molar-refractivity contribution >= 4 is 34.5 Å². The van der Waals surface area contributed by atoms with Gasteiger partial charge in [-0.1, -0.05) is 53.8 Å². The maximum absolute atomic E-state index is 12.7. The standard InChI is InChI=1S/C22H19N3O3S/c1-3-28-17-11-9-16(13-18(17)27-2)14-19-21(26)25-22(29-19)23-20(24-25)12-10-15-7-5-4-6-8-15/h4-14H,3H2,1-2H3/b12-10+,19-14-. The molecule has 0 atom stereocenters. The molecule has 0 saturated carbocycles. The largest absolute Gasteiger partial charge is 0.493 e. The molecule has 0 amide bonds. The van der Waals surface area contributed by atoms with E-state index in [1.54, 1.807) is 19.3 Å². The van der Waals surface area contributed by atoms with Gasteiger partial charge in [0.15, 0.2) is 17.3 Å². The summed E-state index contributed by atoms with van der Waals surface area (Å²) in [5, 5.41) is 4.31. The highest BCUT2D eigenvalue weighted by Crippen LogP contribution is 2.28. The highest BCUT2D eigenvalue weighted by molar-refractivity contribution is 7.15. The lowest BCUT2D eigenvalue weighted by atomic mass is 10.2. The van der Waals surface area contributed by atoms with E-state index in [0.29, 0.717) is 33.4 Å². The van der Waals surface area contributed by atoms with E-state index < -0.39 is 0 Å². The van der Waals surface area contributed by atoms with Gasteiger partial charge in [0.1, 0.15) is 0 Å². The number of methoxy groups -OCH3 is 1. The Kier molecular flexibility index (Phi) is 5.39. The van der Waals surface area contributed by atoms with Gasteiger partial charge in [-0.05, 0) is 42.3 Å². The number of hydrogen-bond donors (Lipinski definition) is 0. The first-order valence-electron chi connectivity index (χ1n) is 9.13. The van der Waals surface area contributed by atoms with Crippen molar-refractivity contribution in [2.75, 3.05) is 13.7 Å². The Hall–Kier alpha value is -3.45. The van der Waals surface area contributed by atoms with E-state index in [4.69, 9.17) is 9.47 Å². The van der Waals surface area contributed by atoms with E-state index in [2.05, 4.69) is 10.1 Å². The quantitative estimate of drug-likeness (QED) is 0.493. The van der Waals surface area contributed by atoms with Crippen molar-refractivity contribution < 1.29 is 9.47 Å². The van der Waals surface area contributed by atoms with Crippen LogP contribution in [-0.2, 0) is 0 Å². The van der Waals surface area contributed by atoms with Crippen LogP contribution in [0, 0.1) is 0 Å². The molecule has 29 heavy (non-hydrogen) atoms. The molecule has 0 aliphatic carbocycles. The summed E-state index contributed by atoms with van der Waals surface area (Å²) in [4.78, 5) is 17.7. The average Bonchev–Trinajstić information content (AvgIpc) is 3.27. The molecule has 0 aliphatic heterocycles. The minimum atomic E-state index is -0.190. The zero-order valence-corrected chi connectivity index (χ0v) is 16.8. The second-order valence-corrected chi connectivity index (χ2v) is 7.18. The summed E-state index contributed by atoms with van der Waals surface area (Å²) >= 11 is 1.30. The lowest BCUT2D eigenvalue weighted by Crippen LogP contribution is -2.23. The van der Waals surface area contributed by atoms with Crippen LogP contribution in [0.25, 0.3) is 23.2 Å². The maximum atomic E-state index is 12.7. The molecular weight excluding hydrogens is 386 g/mol. The normalized spacial score (nSPS) is 12.1. The van der Waals surface area contributed by atoms with Gasteiger partial charge >= 0.3 is 0 Å². The van der Waals surface area contributed by atoms with Crippen LogP contribution in [0.3, 0.4) is 0 Å². The molecule has 4 aromatic rings. The molecule has 4 rings (SSSR count). The van der Waals surface area contributed by atoms with Crippen molar-refractivity contribution in [3.63, 3.8) is 0 Å². The van der Waals surface area contributed by atoms with Crippen LogP contribution in [0.15, 0.2) is 53.3 Å². The first-order valence-corrected chi connectivity index (χ1v) is 9.95. The molecular formula is C22H19N3O3S. The lowest BCUT2D eigenvalue weighted by Gasteiger charge is -2.09. The second-order valence-electron chi connectivity index (χ2n) is 6.17. The molecule has 2 aromatic carbocycles. The Balaban J connectivity index is 1.66. The molecule has 2 heterocycles. The Bertz CT molecular complexity index is 1280. The van der Waals surface area contributed by atoms with Crippen molar-refractivity contribution in [3.8, 4) is 11.5 Å². The summed E-state index contributed by atoms with van der Waals surface area (Å²) in [6, 6.07) is 15.4. The smallest absolute Gasteiger partial charge is 0.291 e. The number of nitrogens with zero attached hydrogens (tertiary/aromatic N) is 3. The predicted octanol–water partition coefficient (Wildman–Crippen LogP) is 3.28. The van der Waals surface area contributed by atoms with Crippen molar-refractivity contribution in [3.05, 3.63) is 80.4 Å². The van der Waals surface area contributed by atoms with Crippen LogP contribution < -0.4 is 19.6 Å². The number of thiazole rings is 1. The van der Waals surface area contributed by atoms with E-state index in [1.807, 2.05) is 61.5 Å². The third kappa shape index (κ3) is 4.05. The third-order valence-corrected chi connectivity index (χ3v) is 5.17. The number of hydrogen-bond acceptors (Lipinski definition) is 6. The average molecular weight is 405 g/mol. The molecule has 0 radical (unpaired) electrons. The van der Waals surface area contributed by atoms with Gasteiger partial charge in [0.05, 0.1) is 18.2 Å². The highest BCUT2D eigenvalue weighted by atomic mass is 32.1. The fraction of sp³-hybridized carbons (Fsp3) is 0.136. The topological polar surface area (TPSA) is 65.7 Å². The van der Waals surface area contributed by atoms with Crippen LogP contribution in [0.1, 0.15) is 23.9 Å². The molecule has 0 bridgehead atoms. The Morgan fingerprint density at radius 3 is 2.62 bits per heavy atom. The number of ether oxygens (including phenoxy) is 2. The van der Waals surface area contributed by atoms with Gasteiger partial charge in [-0.3, -0.25) is 4.79 Å². The molecule has 146 valence electrons. The maximum Gasteiger partial charge on any atom is 0.291 e. The Labute approximate surface area is 171 Å². The van der Waals surface area contributed by atoms with Crippen LogP contribution in [0.4, 0.5) is 0 Å². The van der Waals surface area contributed by atoms with Crippen LogP contribution >= 0.6 is 11.3 Å². The van der Waals surface area contributed by atoms with Crippen LogP contribution in [-0.4, -0.2) is 28.3 Å². The summed E-state index contributed by atoms with van der Waals surface area (Å²) in [6.45, 7) is 2.47. The minimum absolute atomic E-state index is 0.190. The zero-order valence-electron chi connectivity index (χ0n) is 16.0. The summed E-state index contributed by atoms with van der Waals surface area (Å²) in [5.41, 5.74) is 1.70. The molecule has 6 nitrogen and oxygen atoms in total. The molecule has 0 fully saturated rings. The van der Waals surface area contributed by atoms with E-state index in [9.17, 15) is 4.79 Å². The Morgan fingerprint density at radius 1 is 1.07 bits per heavy atom. The van der Waals surface area contributed by atoms with E-state index >= 15 is 0 Å². The number of aromatic nitrogens is 3. The van der Waals surface area contributed by atoms with Crippen molar-refractivity contribution in [1.29, 1.82) is 0 Å². The van der Waals surface area contributed by atoms with Crippen molar-refractivity contribution in [1.82, 2.24) is 14.6 Å². The Morgan fingerprint density at radius 2 is 1.90 bits per heavy atom. The van der Waals surface area contributed by atoms with Crippen LogP contribution in [0.2, 0.25) is 0 Å². The van der Waals surface area contributed by atoms with E-state index in [-0.39, 0.29) is 5.56 Å². The minimum Gasteiger partial charge on any atom is -0.493 e. The molecule has 0 spiro atoms. The molecule has 2 aromatic heterocycles. The number of rotatable bonds is 6. The molecule has 0 unspecified atom stereocenters. The second kappa shape index (κ2) is 8.28. The first kappa shape index (κ1) is 18.9. The van der Waals surface area contributed by atoms with Gasteiger partial charge in [-0.2, -0.15) is 9.50 Å². The monoisotopic (exact) mass is 405 g/mol. The summed E-state index contributed by atoms with van der Waals surface area (Å²) in [5.74, 6) is 1.80. The molecule has 7 heteroatoms. The van der Waals surface area contributed by atoms with Gasteiger partial charge in [0.25, 0.3) is 5.56 Å². The summed E-state index contributed by atoms with van der Waals surface area (Å²) in [6.07, 6.45) is 5.53. The highest BCUT2D eigenvalue weighted by Gasteiger charge is 2.10. The zero-order chi connectivity index (χ0) is 20.2. The predicted molar refractivity (Wildman–Crippen MR) is 115 cm³/mol. The van der Waals surface area contributed by atoms with E-state index in [1.165, 1.54) is 15.9 Å². The van der Waals surface area contributed by atoms with Crippen molar-refractivity contribution in [2.45, 2.75) is 6.92 Å². The van der Waals surface area contributed by atoms with Gasteiger partial charge in [-0.15, -0.1) is 5.10 Å². The summed E-state index contributed by atoms with van der Waals surface area (Å²) < 4.78 is 12.8. The van der Waals surface area contributed by atoms with Gasteiger partial charge in [-0.25, -0.2) is 0 Å². The fourth-order valence-electron chi connectivity index (χ4n) is 2.85. The number of fused-ring (bicyclic) bond motifs is 1. The van der Waals surface area contributed by atoms with Gasteiger partial charge in [0, 0.05) is 0 Å². The SMILES string of the molecule is CCOc1ccc(/C=c2\sc3nc(/C=C/c4ccccc4)nn3c2=O)cc1OC. The van der Waals surface area contributed by atoms with Crippen molar-refractivity contribution in [2.24, 2.45) is 0 Å². The van der Waals surface area contributed by atoms with Crippen LogP contribution in [0.5, 0.6) is 11.5 Å². The fourth-order valence-corrected chi connectivity index (χ4v) is 3.77. The van der Waals surface area contributed by atoms with E-state index in [0.717, 1.165) is 11.1 Å². The van der Waals surface area contributed by atoms with Gasteiger partial charge in [0.2, 0.25) is 4.96 Å². The number of benzene rings is 2.